The maximum absolute atomic E-state index is 14.8. The van der Waals surface area contributed by atoms with Crippen LogP contribution in [0.3, 0.4) is 0 Å². The van der Waals surface area contributed by atoms with Gasteiger partial charge >= 0.3 is 0 Å². The van der Waals surface area contributed by atoms with Gasteiger partial charge in [-0.25, -0.2) is 8.42 Å². The number of carbonyl (C=O) groups excluding carboxylic acids is 1. The van der Waals surface area contributed by atoms with Gasteiger partial charge in [-0.2, -0.15) is 0 Å². The van der Waals surface area contributed by atoms with E-state index in [1.165, 1.54) is 7.11 Å². The predicted octanol–water partition coefficient (Wildman–Crippen LogP) is 6.70. The Morgan fingerprint density at radius 2 is 1.43 bits per heavy atom. The van der Waals surface area contributed by atoms with Crippen molar-refractivity contribution in [3.05, 3.63) is 71.3 Å². The van der Waals surface area contributed by atoms with Gasteiger partial charge in [-0.1, -0.05) is 39.0 Å². The van der Waals surface area contributed by atoms with E-state index in [4.69, 9.17) is 28.1 Å². The number of fused-ring (bicyclic) bond motifs is 3. The number of benzene rings is 3. The zero-order chi connectivity index (χ0) is 33.2. The van der Waals surface area contributed by atoms with Crippen LogP contribution in [0.2, 0.25) is 18.1 Å². The van der Waals surface area contributed by atoms with Gasteiger partial charge < -0.3 is 28.1 Å². The summed E-state index contributed by atoms with van der Waals surface area (Å²) in [4.78, 5) is 14.9. The maximum atomic E-state index is 14.8. The minimum atomic E-state index is -3.99. The molecule has 9 nitrogen and oxygen atoms in total. The molecule has 1 aliphatic heterocycles. The first-order valence-electron chi connectivity index (χ1n) is 15.5. The van der Waals surface area contributed by atoms with Crippen LogP contribution in [-0.4, -0.2) is 55.9 Å². The van der Waals surface area contributed by atoms with Gasteiger partial charge in [0.25, 0.3) is 0 Å². The van der Waals surface area contributed by atoms with Gasteiger partial charge in [0.2, 0.25) is 12.5 Å². The largest absolute Gasteiger partial charge is 0.493 e. The van der Waals surface area contributed by atoms with Gasteiger partial charge in [-0.3, -0.25) is 4.79 Å². The number of ether oxygens (including phenoxy) is 5. The first-order valence-corrected chi connectivity index (χ1v) is 19.9. The predicted molar refractivity (Wildman–Crippen MR) is 176 cm³/mol. The van der Waals surface area contributed by atoms with E-state index in [2.05, 4.69) is 33.9 Å². The van der Waals surface area contributed by atoms with E-state index in [-0.39, 0.29) is 28.9 Å². The van der Waals surface area contributed by atoms with Crippen molar-refractivity contribution in [2.24, 2.45) is 11.8 Å². The quantitative estimate of drug-likeness (QED) is 0.243. The molecule has 0 amide bonds. The van der Waals surface area contributed by atoms with E-state index in [0.717, 1.165) is 16.7 Å². The van der Waals surface area contributed by atoms with Gasteiger partial charge in [0.15, 0.2) is 46.9 Å². The molecule has 1 heterocycles. The van der Waals surface area contributed by atoms with Crippen LogP contribution in [0.15, 0.2) is 59.5 Å². The Morgan fingerprint density at radius 3 is 1.98 bits per heavy atom. The molecule has 0 N–H and O–H groups in total. The first kappa shape index (κ1) is 32.4. The highest BCUT2D eigenvalue weighted by molar-refractivity contribution is 7.92. The van der Waals surface area contributed by atoms with Crippen LogP contribution in [-0.2, 0) is 19.1 Å². The lowest BCUT2D eigenvalue weighted by Crippen LogP contribution is -2.45. The van der Waals surface area contributed by atoms with Crippen LogP contribution in [0.1, 0.15) is 55.9 Å². The molecule has 0 bridgehead atoms. The second kappa shape index (κ2) is 11.6. The summed E-state index contributed by atoms with van der Waals surface area (Å²) < 4.78 is 64.2. The Kier molecular flexibility index (Phi) is 8.18. The zero-order valence-electron chi connectivity index (χ0n) is 27.6. The number of hydrogen-bond donors (Lipinski definition) is 0. The molecular weight excluding hydrogens is 625 g/mol. The molecule has 46 heavy (non-hydrogen) atoms. The number of methoxy groups -OCH3 is 3. The Hall–Kier alpha value is -3.54. The molecule has 5 atom stereocenters. The second-order valence-corrected chi connectivity index (χ2v) is 20.6. The molecule has 0 radical (unpaired) electrons. The molecule has 0 spiro atoms. The summed E-state index contributed by atoms with van der Waals surface area (Å²) >= 11 is 0. The summed E-state index contributed by atoms with van der Waals surface area (Å²) in [7, 11) is -1.80. The fraction of sp³-hybridized carbons (Fsp3) is 0.457. The standard InChI is InChI=1S/C35H42O9SSi/c1-35(2,3)46(7,8)44-33-23-17-26-25(42-19-43-26)16-22(23)30(20-14-27(39-4)34(41-6)28(15-20)40-5)31-24(33)18-29(32(31)36)45(37,38)21-12-10-9-11-13-21/h9-17,24,29-31,33H,18-19H2,1-8H3/t24-,29?,30-,31-,33-/m0/s1. The van der Waals surface area contributed by atoms with Gasteiger partial charge in [0.1, 0.15) is 5.25 Å². The number of carbonyl (C=O) groups is 1. The smallest absolute Gasteiger partial charge is 0.231 e. The molecule has 3 aromatic carbocycles. The van der Waals surface area contributed by atoms with Crippen LogP contribution in [0.25, 0.3) is 0 Å². The summed E-state index contributed by atoms with van der Waals surface area (Å²) in [5.41, 5.74) is 2.44. The fourth-order valence-corrected chi connectivity index (χ4v) is 10.0. The first-order chi connectivity index (χ1) is 21.7. The van der Waals surface area contributed by atoms with Crippen molar-refractivity contribution in [2.45, 2.75) is 67.5 Å². The summed E-state index contributed by atoms with van der Waals surface area (Å²) in [5.74, 6) is 0.459. The van der Waals surface area contributed by atoms with Crippen molar-refractivity contribution in [3.8, 4) is 28.7 Å². The highest BCUT2D eigenvalue weighted by Gasteiger charge is 2.59. The third kappa shape index (κ3) is 5.16. The minimum Gasteiger partial charge on any atom is -0.493 e. The van der Waals surface area contributed by atoms with Crippen molar-refractivity contribution in [1.82, 2.24) is 0 Å². The van der Waals surface area contributed by atoms with Gasteiger partial charge in [0.05, 0.1) is 32.3 Å². The number of ketones is 1. The Labute approximate surface area is 272 Å². The average Bonchev–Trinajstić information content (AvgIpc) is 3.63. The molecule has 11 heteroatoms. The lowest BCUT2D eigenvalue weighted by molar-refractivity contribution is -0.122. The lowest BCUT2D eigenvalue weighted by atomic mass is 9.66. The molecular formula is C35H42O9SSi. The molecule has 1 saturated carbocycles. The van der Waals surface area contributed by atoms with Crippen LogP contribution in [0.4, 0.5) is 0 Å². The van der Waals surface area contributed by atoms with Crippen molar-refractivity contribution < 1.29 is 41.3 Å². The highest BCUT2D eigenvalue weighted by atomic mass is 32.2. The average molecular weight is 667 g/mol. The SMILES string of the molecule is COc1cc([C@H]2c3cc4c(cc3[C@H](O[Si](C)(C)C(C)(C)C)[C@H]3CC(S(=O)(=O)c5ccccc5)C(=O)[C@H]23)OCO4)cc(OC)c1OC. The fourth-order valence-electron chi connectivity index (χ4n) is 6.94. The lowest BCUT2D eigenvalue weighted by Gasteiger charge is -2.46. The van der Waals surface area contributed by atoms with Crippen molar-refractivity contribution in [3.63, 3.8) is 0 Å². The monoisotopic (exact) mass is 666 g/mol. The van der Waals surface area contributed by atoms with Crippen molar-refractivity contribution in [1.29, 1.82) is 0 Å². The summed E-state index contributed by atoms with van der Waals surface area (Å²) in [6, 6.07) is 15.8. The number of hydrogen-bond acceptors (Lipinski definition) is 9. The molecule has 1 unspecified atom stereocenters. The molecule has 0 saturated heterocycles. The number of sulfone groups is 1. The Bertz CT molecular complexity index is 1740. The van der Waals surface area contributed by atoms with Crippen molar-refractivity contribution in [2.75, 3.05) is 28.1 Å². The zero-order valence-corrected chi connectivity index (χ0v) is 29.4. The van der Waals surface area contributed by atoms with Crippen molar-refractivity contribution >= 4 is 23.9 Å². The summed E-state index contributed by atoms with van der Waals surface area (Å²) in [5, 5.41) is -1.36. The highest BCUT2D eigenvalue weighted by Crippen LogP contribution is 2.60. The molecule has 246 valence electrons. The number of Topliss-reactive ketones (excluding diaryl/α,β-unsaturated/α-hetero) is 1. The third-order valence-corrected chi connectivity index (χ3v) is 16.8. The van der Waals surface area contributed by atoms with Crippen LogP contribution >= 0.6 is 0 Å². The maximum Gasteiger partial charge on any atom is 0.231 e. The van der Waals surface area contributed by atoms with E-state index in [1.54, 1.807) is 44.6 Å². The number of rotatable bonds is 8. The van der Waals surface area contributed by atoms with E-state index in [9.17, 15) is 13.2 Å². The van der Waals surface area contributed by atoms with Crippen LogP contribution in [0, 0.1) is 11.8 Å². The van der Waals surface area contributed by atoms with E-state index >= 15 is 0 Å². The third-order valence-electron chi connectivity index (χ3n) is 10.3. The second-order valence-electron chi connectivity index (χ2n) is 13.7. The minimum absolute atomic E-state index is 0.0873. The van der Waals surface area contributed by atoms with E-state index < -0.39 is 47.3 Å². The molecule has 6 rings (SSSR count). The Morgan fingerprint density at radius 1 is 0.848 bits per heavy atom. The van der Waals surface area contributed by atoms with Crippen LogP contribution in [0.5, 0.6) is 28.7 Å². The normalized spacial score (nSPS) is 23.9. The van der Waals surface area contributed by atoms with Gasteiger partial charge in [-0.15, -0.1) is 0 Å². The van der Waals surface area contributed by atoms with E-state index in [1.807, 2.05) is 24.3 Å². The molecule has 2 aliphatic carbocycles. The molecule has 1 fully saturated rings. The van der Waals surface area contributed by atoms with Gasteiger partial charge in [-0.05, 0) is 77.6 Å². The Balaban J connectivity index is 1.61. The topological polar surface area (TPSA) is 107 Å². The van der Waals surface area contributed by atoms with Crippen LogP contribution < -0.4 is 23.7 Å². The van der Waals surface area contributed by atoms with E-state index in [0.29, 0.717) is 28.7 Å². The summed E-state index contributed by atoms with van der Waals surface area (Å²) in [6.07, 6.45) is -0.400. The molecule has 0 aromatic heterocycles. The molecule has 3 aliphatic rings. The van der Waals surface area contributed by atoms with Gasteiger partial charge in [0, 0.05) is 17.8 Å². The summed E-state index contributed by atoms with van der Waals surface area (Å²) in [6.45, 7) is 10.9. The molecule has 3 aromatic rings.